The topological polar surface area (TPSA) is 88.7 Å². The maximum atomic E-state index is 13.8. The van der Waals surface area contributed by atoms with Gasteiger partial charge in [-0.3, -0.25) is 0 Å². The molecule has 0 unspecified atom stereocenters. The Morgan fingerprint density at radius 2 is 1.88 bits per heavy atom. The number of halogens is 3. The minimum absolute atomic E-state index is 0.0223. The largest absolute Gasteiger partial charge is 0.490 e. The molecule has 1 atom stereocenters. The molecule has 0 amide bonds. The van der Waals surface area contributed by atoms with Crippen LogP contribution in [0, 0.1) is 5.92 Å². The van der Waals surface area contributed by atoms with Crippen LogP contribution in [-0.2, 0) is 6.18 Å². The van der Waals surface area contributed by atoms with Gasteiger partial charge < -0.3 is 19.3 Å². The van der Waals surface area contributed by atoms with Gasteiger partial charge in [0.25, 0.3) is 0 Å². The van der Waals surface area contributed by atoms with Gasteiger partial charge in [0.15, 0.2) is 5.69 Å². The number of ether oxygens (including phenoxy) is 1. The molecular formula is C33H30F3N3O4. The number of alkyl halides is 3. The van der Waals surface area contributed by atoms with E-state index in [1.807, 2.05) is 24.3 Å². The van der Waals surface area contributed by atoms with Gasteiger partial charge >= 0.3 is 12.1 Å². The monoisotopic (exact) mass is 589 g/mol. The number of carboxylic acids is 1. The summed E-state index contributed by atoms with van der Waals surface area (Å²) < 4.78 is 53.3. The molecule has 0 spiro atoms. The lowest BCUT2D eigenvalue weighted by atomic mass is 9.96. The molecule has 1 N–H and O–H groups in total. The number of fused-ring (bicyclic) bond motifs is 1. The summed E-state index contributed by atoms with van der Waals surface area (Å²) in [6.07, 6.45) is 5.27. The van der Waals surface area contributed by atoms with Gasteiger partial charge in [0.1, 0.15) is 17.2 Å². The molecule has 3 heterocycles. The lowest BCUT2D eigenvalue weighted by molar-refractivity contribution is -0.137. The van der Waals surface area contributed by atoms with Gasteiger partial charge in [-0.1, -0.05) is 35.5 Å². The first-order valence-electron chi connectivity index (χ1n) is 14.7. The summed E-state index contributed by atoms with van der Waals surface area (Å²) in [6.45, 7) is 1.52. The minimum Gasteiger partial charge on any atom is -0.490 e. The second kappa shape index (κ2) is 10.7. The predicted molar refractivity (Wildman–Crippen MR) is 155 cm³/mol. The van der Waals surface area contributed by atoms with Gasteiger partial charge in [-0.2, -0.15) is 13.2 Å². The number of aromatic carboxylic acids is 1. The molecule has 1 saturated heterocycles. The summed E-state index contributed by atoms with van der Waals surface area (Å²) in [5, 5.41) is 14.4. The third kappa shape index (κ3) is 5.46. The maximum absolute atomic E-state index is 13.8. The fourth-order valence-electron chi connectivity index (χ4n) is 5.91. The van der Waals surface area contributed by atoms with Crippen molar-refractivity contribution in [3.63, 3.8) is 0 Å². The van der Waals surface area contributed by atoms with Crippen molar-refractivity contribution >= 4 is 28.6 Å². The minimum atomic E-state index is -4.50. The standard InChI is InChI=1S/C33H30F3N3O4/c34-33(35,36)26-7-2-1-6-23(26)30-24(31(43-38-30)20-9-10-20)12-8-19-14-15-39(18-19)21-11-13-27-25(16-21)29(42-22-4-3-5-22)17-28(37-27)32(40)41/h1-2,6-8,11-13,16-17,19-20,22H,3-5,9-10,14-15,18H2,(H,40,41)/b12-8+/t19-/m1/s1. The average Bonchev–Trinajstić information content (AvgIpc) is 3.54. The number of pyridine rings is 1. The molecule has 2 aromatic heterocycles. The van der Waals surface area contributed by atoms with Crippen LogP contribution in [0.1, 0.15) is 71.8 Å². The summed E-state index contributed by atoms with van der Waals surface area (Å²) in [5.41, 5.74) is 1.65. The van der Waals surface area contributed by atoms with Crippen LogP contribution >= 0.6 is 0 Å². The number of nitrogens with zero attached hydrogens (tertiary/aromatic N) is 3. The fourth-order valence-corrected chi connectivity index (χ4v) is 5.91. The Morgan fingerprint density at radius 1 is 1.07 bits per heavy atom. The Bertz CT molecular complexity index is 1720. The number of anilines is 1. The zero-order valence-electron chi connectivity index (χ0n) is 23.3. The summed E-state index contributed by atoms with van der Waals surface area (Å²) in [6, 6.07) is 12.8. The Labute approximate surface area is 246 Å². The number of benzene rings is 2. The van der Waals surface area contributed by atoms with Crippen LogP contribution in [0.4, 0.5) is 18.9 Å². The molecule has 7 nitrogen and oxygen atoms in total. The molecule has 4 aromatic rings. The Morgan fingerprint density at radius 3 is 2.60 bits per heavy atom. The highest BCUT2D eigenvalue weighted by Gasteiger charge is 2.37. The van der Waals surface area contributed by atoms with Crippen molar-refractivity contribution in [3.05, 3.63) is 77.2 Å². The SMILES string of the molecule is O=C(O)c1cc(OC2CCC2)c2cc(N3CC[C@@H](/C=C/c4c(-c5ccccc5C(F)(F)F)noc4C4CC4)C3)ccc2n1. The summed E-state index contributed by atoms with van der Waals surface area (Å²) in [7, 11) is 0. The predicted octanol–water partition coefficient (Wildman–Crippen LogP) is 7.96. The van der Waals surface area contributed by atoms with Crippen LogP contribution in [0.25, 0.3) is 28.2 Å². The molecular weight excluding hydrogens is 559 g/mol. The van der Waals surface area contributed by atoms with E-state index in [2.05, 4.69) is 21.1 Å². The molecule has 0 radical (unpaired) electrons. The molecule has 3 aliphatic rings. The molecule has 1 aliphatic heterocycles. The van der Waals surface area contributed by atoms with Gasteiger partial charge in [0, 0.05) is 47.3 Å². The molecule has 2 aromatic carbocycles. The number of carboxylic acid groups (broad SMARTS) is 1. The van der Waals surface area contributed by atoms with Crippen molar-refractivity contribution in [2.45, 2.75) is 56.7 Å². The van der Waals surface area contributed by atoms with E-state index >= 15 is 0 Å². The van der Waals surface area contributed by atoms with Crippen molar-refractivity contribution in [3.8, 4) is 17.0 Å². The van der Waals surface area contributed by atoms with Gasteiger partial charge in [0.05, 0.1) is 17.2 Å². The molecule has 10 heteroatoms. The molecule has 222 valence electrons. The highest BCUT2D eigenvalue weighted by molar-refractivity contribution is 5.94. The van der Waals surface area contributed by atoms with E-state index in [9.17, 15) is 23.1 Å². The first-order chi connectivity index (χ1) is 20.7. The average molecular weight is 590 g/mol. The number of hydrogen-bond acceptors (Lipinski definition) is 6. The van der Waals surface area contributed by atoms with E-state index in [0.29, 0.717) is 22.6 Å². The number of hydrogen-bond donors (Lipinski definition) is 1. The molecule has 2 saturated carbocycles. The van der Waals surface area contributed by atoms with Crippen LogP contribution in [0.5, 0.6) is 5.75 Å². The third-order valence-electron chi connectivity index (χ3n) is 8.64. The Hall–Kier alpha value is -4.34. The van der Waals surface area contributed by atoms with Crippen LogP contribution < -0.4 is 9.64 Å². The maximum Gasteiger partial charge on any atom is 0.417 e. The molecule has 0 bridgehead atoms. The first kappa shape index (κ1) is 27.5. The second-order valence-electron chi connectivity index (χ2n) is 11.7. The summed E-state index contributed by atoms with van der Waals surface area (Å²) >= 11 is 0. The van der Waals surface area contributed by atoms with Gasteiger partial charge in [0.2, 0.25) is 0 Å². The van der Waals surface area contributed by atoms with Crippen molar-refractivity contribution in [1.29, 1.82) is 0 Å². The van der Waals surface area contributed by atoms with Crippen molar-refractivity contribution in [2.75, 3.05) is 18.0 Å². The molecule has 3 fully saturated rings. The number of rotatable bonds is 8. The lowest BCUT2D eigenvalue weighted by Crippen LogP contribution is -2.25. The van der Waals surface area contributed by atoms with E-state index in [0.717, 1.165) is 68.8 Å². The van der Waals surface area contributed by atoms with E-state index in [4.69, 9.17) is 9.26 Å². The van der Waals surface area contributed by atoms with Gasteiger partial charge in [-0.05, 0) is 68.7 Å². The van der Waals surface area contributed by atoms with Crippen molar-refractivity contribution in [1.82, 2.24) is 10.1 Å². The molecule has 2 aliphatic carbocycles. The zero-order valence-corrected chi connectivity index (χ0v) is 23.3. The third-order valence-corrected chi connectivity index (χ3v) is 8.64. The van der Waals surface area contributed by atoms with E-state index < -0.39 is 17.7 Å². The van der Waals surface area contributed by atoms with Crippen LogP contribution in [0.2, 0.25) is 0 Å². The first-order valence-corrected chi connectivity index (χ1v) is 14.7. The Balaban J connectivity index is 1.15. The van der Waals surface area contributed by atoms with E-state index in [1.54, 1.807) is 6.07 Å². The number of aromatic nitrogens is 2. The molecule has 43 heavy (non-hydrogen) atoms. The summed E-state index contributed by atoms with van der Waals surface area (Å²) in [5.74, 6) is 0.447. The smallest absolute Gasteiger partial charge is 0.417 e. The van der Waals surface area contributed by atoms with Crippen molar-refractivity contribution < 1.29 is 32.3 Å². The van der Waals surface area contributed by atoms with E-state index in [1.165, 1.54) is 18.2 Å². The summed E-state index contributed by atoms with van der Waals surface area (Å²) in [4.78, 5) is 18.2. The molecule has 7 rings (SSSR count). The van der Waals surface area contributed by atoms with Gasteiger partial charge in [-0.15, -0.1) is 0 Å². The van der Waals surface area contributed by atoms with Crippen molar-refractivity contribution in [2.24, 2.45) is 5.92 Å². The van der Waals surface area contributed by atoms with E-state index in [-0.39, 0.29) is 34.9 Å². The Kier molecular flexibility index (Phi) is 6.86. The van der Waals surface area contributed by atoms with Crippen LogP contribution in [0.3, 0.4) is 0 Å². The lowest BCUT2D eigenvalue weighted by Gasteiger charge is -2.27. The van der Waals surface area contributed by atoms with Gasteiger partial charge in [-0.25, -0.2) is 9.78 Å². The highest BCUT2D eigenvalue weighted by atomic mass is 19.4. The number of carbonyl (C=O) groups is 1. The second-order valence-corrected chi connectivity index (χ2v) is 11.7. The fraction of sp³-hybridized carbons (Fsp3) is 0.364. The normalized spacial score (nSPS) is 19.3. The highest BCUT2D eigenvalue weighted by Crippen LogP contribution is 2.46. The van der Waals surface area contributed by atoms with Crippen LogP contribution in [-0.4, -0.2) is 40.4 Å². The van der Waals surface area contributed by atoms with Crippen LogP contribution in [0.15, 0.2) is 59.1 Å². The quantitative estimate of drug-likeness (QED) is 0.223. The zero-order chi connectivity index (χ0) is 29.7.